The Morgan fingerprint density at radius 2 is 0.551 bits per heavy atom. The van der Waals surface area contributed by atoms with Gasteiger partial charge in [0.15, 0.2) is 0 Å². The molecule has 6 rings (SSSR count). The van der Waals surface area contributed by atoms with Gasteiger partial charge >= 0.3 is 35.8 Å². The minimum absolute atomic E-state index is 0.116. The highest BCUT2D eigenvalue weighted by Gasteiger charge is 2.53. The zero-order chi connectivity index (χ0) is 50.5. The monoisotopic (exact) mass is 948 g/mol. The van der Waals surface area contributed by atoms with Crippen molar-refractivity contribution in [1.82, 2.24) is 0 Å². The Morgan fingerprint density at radius 3 is 0.725 bits per heavy atom. The maximum atomic E-state index is 12.8. The molecule has 0 radical (unpaired) electrons. The highest BCUT2D eigenvalue weighted by Crippen LogP contribution is 2.38. The number of ether oxygens (including phenoxy) is 9. The first-order chi connectivity index (χ1) is 33.4. The third-order valence-corrected chi connectivity index (χ3v) is 11.5. The standard InChI is InChI=1S/C24H24O5.C18H20O5.C12H16O5/c1-3-19-21(23(25)27-15-17-11-7-5-8-12-17)22(20(4-2)29-19)24(26)28-16-18-13-9-6-10-14-18;1-4-13-15(17(19)21-3)16(14(5-2)23-13)18(20)22-11-12-9-7-6-8-10-12;1-5-7-9(11(13)15-3)10(12(14)16-4)8(6-2)17-7/h3-14,19-22H,1-2,15-16H2;4-10,13-16H,1-2,11H2,3H3;5-10H,1-2H2,3-4H3/t19-,20+,21?,22?;13-,14+,15?,16?;7-,8+,9?,10?/m.1./s1. The van der Waals surface area contributed by atoms with Crippen molar-refractivity contribution in [3.8, 4) is 0 Å². The average Bonchev–Trinajstić information content (AvgIpc) is 4.11. The molecular weight excluding hydrogens is 889 g/mol. The quantitative estimate of drug-likeness (QED) is 0.0734. The lowest BCUT2D eigenvalue weighted by Gasteiger charge is -2.20. The first-order valence-corrected chi connectivity index (χ1v) is 21.9. The largest absolute Gasteiger partial charge is 0.469 e. The normalized spacial score (nSPS) is 26.3. The Bertz CT molecular complexity index is 2140. The van der Waals surface area contributed by atoms with Crippen molar-refractivity contribution in [2.24, 2.45) is 35.5 Å². The van der Waals surface area contributed by atoms with Crippen LogP contribution in [0, 0.1) is 35.5 Å². The molecule has 0 N–H and O–H groups in total. The molecule has 3 fully saturated rings. The van der Waals surface area contributed by atoms with Gasteiger partial charge in [-0.2, -0.15) is 0 Å². The molecule has 366 valence electrons. The fourth-order valence-electron chi connectivity index (χ4n) is 8.06. The van der Waals surface area contributed by atoms with Crippen molar-refractivity contribution < 1.29 is 71.4 Å². The average molecular weight is 949 g/mol. The molecule has 0 bridgehead atoms. The Hall–Kier alpha value is -7.20. The first kappa shape index (κ1) is 54.4. The van der Waals surface area contributed by atoms with Gasteiger partial charge in [0.05, 0.1) is 58.0 Å². The Morgan fingerprint density at radius 1 is 0.362 bits per heavy atom. The third-order valence-electron chi connectivity index (χ3n) is 11.5. The summed E-state index contributed by atoms with van der Waals surface area (Å²) >= 11 is 0. The first-order valence-electron chi connectivity index (χ1n) is 21.9. The molecule has 69 heavy (non-hydrogen) atoms. The van der Waals surface area contributed by atoms with E-state index in [4.69, 9.17) is 33.2 Å². The number of carbonyl (C=O) groups excluding carboxylic acids is 6. The van der Waals surface area contributed by atoms with Gasteiger partial charge in [-0.15, -0.1) is 39.5 Å². The predicted molar refractivity (Wildman–Crippen MR) is 253 cm³/mol. The van der Waals surface area contributed by atoms with Crippen LogP contribution in [0.25, 0.3) is 0 Å². The summed E-state index contributed by atoms with van der Waals surface area (Å²) in [5.41, 5.74) is 2.58. The van der Waals surface area contributed by atoms with Gasteiger partial charge in [-0.1, -0.05) is 127 Å². The second-order valence-electron chi connectivity index (χ2n) is 15.6. The van der Waals surface area contributed by atoms with Crippen molar-refractivity contribution in [1.29, 1.82) is 0 Å². The SMILES string of the molecule is C=C[C@@H]1O[C@H](C=C)C(C(=O)OC)C1C(=O)OC.C=C[C@@H]1O[C@H](C=C)C(C(=O)OC)C1C(=O)OCc1ccccc1.C=C[C@@H]1O[C@H](C=C)C(C(=O)OCc2ccccc2)C1C(=O)OCc1ccccc1. The van der Waals surface area contributed by atoms with Crippen molar-refractivity contribution in [3.63, 3.8) is 0 Å². The van der Waals surface area contributed by atoms with E-state index in [2.05, 4.69) is 48.9 Å². The number of hydrogen-bond donors (Lipinski definition) is 0. The lowest BCUT2D eigenvalue weighted by molar-refractivity contribution is -0.161. The molecule has 3 aromatic rings. The molecule has 3 aliphatic heterocycles. The van der Waals surface area contributed by atoms with Crippen LogP contribution >= 0.6 is 0 Å². The van der Waals surface area contributed by atoms with Crippen LogP contribution in [0.2, 0.25) is 0 Å². The third kappa shape index (κ3) is 14.2. The van der Waals surface area contributed by atoms with E-state index in [1.54, 1.807) is 0 Å². The van der Waals surface area contributed by atoms with Gasteiger partial charge in [0.25, 0.3) is 0 Å². The topological polar surface area (TPSA) is 185 Å². The lowest BCUT2D eigenvalue weighted by Crippen LogP contribution is -2.36. The van der Waals surface area contributed by atoms with Gasteiger partial charge in [-0.05, 0) is 16.7 Å². The summed E-state index contributed by atoms with van der Waals surface area (Å²) < 4.78 is 47.4. The molecule has 3 heterocycles. The summed E-state index contributed by atoms with van der Waals surface area (Å²) in [5.74, 6) is -7.89. The number of benzene rings is 3. The second kappa shape index (κ2) is 27.6. The van der Waals surface area contributed by atoms with Crippen molar-refractivity contribution >= 4 is 35.8 Å². The lowest BCUT2D eigenvalue weighted by atomic mass is 9.87. The number of methoxy groups -OCH3 is 3. The smallest absolute Gasteiger partial charge is 0.313 e. The highest BCUT2D eigenvalue weighted by atomic mass is 16.6. The van der Waals surface area contributed by atoms with Gasteiger partial charge in [-0.3, -0.25) is 28.8 Å². The molecule has 15 nitrogen and oxygen atoms in total. The van der Waals surface area contributed by atoms with E-state index >= 15 is 0 Å². The van der Waals surface area contributed by atoms with E-state index in [0.717, 1.165) is 16.7 Å². The Kier molecular flexibility index (Phi) is 21.7. The molecule has 3 aliphatic rings. The zero-order valence-electron chi connectivity index (χ0n) is 39.0. The van der Waals surface area contributed by atoms with Crippen LogP contribution in [0.4, 0.5) is 0 Å². The fraction of sp³-hybridized carbons (Fsp3) is 0.333. The summed E-state index contributed by atoms with van der Waals surface area (Å²) in [7, 11) is 3.80. The van der Waals surface area contributed by atoms with E-state index in [-0.39, 0.29) is 19.8 Å². The van der Waals surface area contributed by atoms with Crippen LogP contribution in [0.3, 0.4) is 0 Å². The van der Waals surface area contributed by atoms with Crippen LogP contribution in [0.15, 0.2) is 167 Å². The van der Waals surface area contributed by atoms with Gasteiger partial charge < -0.3 is 42.6 Å². The van der Waals surface area contributed by atoms with E-state index in [1.807, 2.05) is 91.0 Å². The van der Waals surface area contributed by atoms with E-state index < -0.39 is 108 Å². The maximum absolute atomic E-state index is 12.8. The van der Waals surface area contributed by atoms with Crippen LogP contribution in [0.1, 0.15) is 16.7 Å². The molecule has 0 saturated carbocycles. The fourth-order valence-corrected chi connectivity index (χ4v) is 8.06. The molecule has 6 unspecified atom stereocenters. The second-order valence-corrected chi connectivity index (χ2v) is 15.6. The molecule has 12 atom stereocenters. The minimum atomic E-state index is -0.845. The molecule has 0 spiro atoms. The Labute approximate surface area is 403 Å². The van der Waals surface area contributed by atoms with Crippen molar-refractivity contribution in [2.45, 2.75) is 56.4 Å². The number of esters is 6. The van der Waals surface area contributed by atoms with Gasteiger partial charge in [0.2, 0.25) is 0 Å². The number of hydrogen-bond acceptors (Lipinski definition) is 15. The molecule has 0 aromatic heterocycles. The molecular formula is C54H60O15. The summed E-state index contributed by atoms with van der Waals surface area (Å²) in [4.78, 5) is 73.6. The van der Waals surface area contributed by atoms with Gasteiger partial charge in [-0.25, -0.2) is 0 Å². The van der Waals surface area contributed by atoms with Crippen molar-refractivity contribution in [3.05, 3.63) is 184 Å². The summed E-state index contributed by atoms with van der Waals surface area (Å²) in [5, 5.41) is 0. The number of carbonyl (C=O) groups is 6. The Balaban J connectivity index is 0.000000234. The van der Waals surface area contributed by atoms with E-state index in [0.29, 0.717) is 0 Å². The van der Waals surface area contributed by atoms with E-state index in [9.17, 15) is 28.8 Å². The van der Waals surface area contributed by atoms with E-state index in [1.165, 1.54) is 57.8 Å². The molecule has 0 amide bonds. The summed E-state index contributed by atoms with van der Waals surface area (Å²) in [6.45, 7) is 22.3. The van der Waals surface area contributed by atoms with Crippen LogP contribution in [-0.2, 0) is 91.2 Å². The van der Waals surface area contributed by atoms with Crippen LogP contribution < -0.4 is 0 Å². The molecule has 3 saturated heterocycles. The van der Waals surface area contributed by atoms with Crippen LogP contribution in [0.5, 0.6) is 0 Å². The zero-order valence-corrected chi connectivity index (χ0v) is 39.0. The highest BCUT2D eigenvalue weighted by molar-refractivity contribution is 5.86. The summed E-state index contributed by atoms with van der Waals surface area (Å²) in [6, 6.07) is 28.0. The molecule has 3 aromatic carbocycles. The maximum Gasteiger partial charge on any atom is 0.313 e. The van der Waals surface area contributed by atoms with Gasteiger partial charge in [0.1, 0.15) is 55.3 Å². The predicted octanol–water partition coefficient (Wildman–Crippen LogP) is 6.82. The molecule has 15 heteroatoms. The van der Waals surface area contributed by atoms with Crippen molar-refractivity contribution in [2.75, 3.05) is 21.3 Å². The summed E-state index contributed by atoms with van der Waals surface area (Å²) in [6.07, 6.45) is 5.25. The number of rotatable bonds is 18. The molecule has 0 aliphatic carbocycles. The minimum Gasteiger partial charge on any atom is -0.469 e. The van der Waals surface area contributed by atoms with Crippen LogP contribution in [-0.4, -0.2) is 93.8 Å². The van der Waals surface area contributed by atoms with Gasteiger partial charge in [0, 0.05) is 0 Å².